The van der Waals surface area contributed by atoms with Crippen molar-refractivity contribution in [3.8, 4) is 6.07 Å². The number of likely N-dealkylation sites (N-methyl/N-ethyl adjacent to an activating group) is 1. The van der Waals surface area contributed by atoms with Crippen LogP contribution in [-0.4, -0.2) is 50.8 Å². The highest BCUT2D eigenvalue weighted by Crippen LogP contribution is 2.20. The largest absolute Gasteiger partial charge is 0.305 e. The molecule has 1 saturated heterocycles. The van der Waals surface area contributed by atoms with E-state index >= 15 is 0 Å². The number of hydrogen-bond acceptors (Lipinski definition) is 4. The minimum Gasteiger partial charge on any atom is -0.305 e. The van der Waals surface area contributed by atoms with Crippen molar-refractivity contribution >= 4 is 10.0 Å². The summed E-state index contributed by atoms with van der Waals surface area (Å²) in [6.07, 6.45) is 0.838. The van der Waals surface area contributed by atoms with E-state index in [0.717, 1.165) is 19.5 Å². The van der Waals surface area contributed by atoms with Crippen LogP contribution in [0.5, 0.6) is 0 Å². The van der Waals surface area contributed by atoms with Gasteiger partial charge >= 0.3 is 0 Å². The third-order valence-corrected chi connectivity index (χ3v) is 5.53. The fourth-order valence-corrected chi connectivity index (χ4v) is 3.89. The van der Waals surface area contributed by atoms with Crippen molar-refractivity contribution in [3.63, 3.8) is 0 Å². The molecular weight excluding hydrogens is 274 g/mol. The zero-order chi connectivity index (χ0) is 14.8. The van der Waals surface area contributed by atoms with Gasteiger partial charge in [-0.05, 0) is 50.7 Å². The fraction of sp³-hybridized carbons (Fsp3) is 0.500. The van der Waals surface area contributed by atoms with Crippen molar-refractivity contribution in [1.82, 2.24) is 9.21 Å². The summed E-state index contributed by atoms with van der Waals surface area (Å²) in [5.41, 5.74) is 1.21. The molecule has 108 valence electrons. The van der Waals surface area contributed by atoms with Crippen LogP contribution in [0, 0.1) is 18.3 Å². The summed E-state index contributed by atoms with van der Waals surface area (Å²) in [7, 11) is -1.46. The molecule has 0 bridgehead atoms. The third-order valence-electron chi connectivity index (χ3n) is 3.63. The minimum absolute atomic E-state index is 0.276. The summed E-state index contributed by atoms with van der Waals surface area (Å²) < 4.78 is 26.8. The fourth-order valence-electron chi connectivity index (χ4n) is 2.33. The molecule has 0 atom stereocenters. The second kappa shape index (κ2) is 5.92. The van der Waals surface area contributed by atoms with Gasteiger partial charge in [0.05, 0.1) is 16.5 Å². The lowest BCUT2D eigenvalue weighted by Gasteiger charge is -2.20. The molecule has 0 aliphatic carbocycles. The van der Waals surface area contributed by atoms with Gasteiger partial charge in [-0.2, -0.15) is 9.57 Å². The molecule has 1 fully saturated rings. The molecule has 0 saturated carbocycles. The smallest absolute Gasteiger partial charge is 0.243 e. The molecule has 0 amide bonds. The SMILES string of the molecule is Cc1cc(S(=O)(=O)N2CCCN(C)CC2)ccc1C#N. The lowest BCUT2D eigenvalue weighted by molar-refractivity contribution is 0.347. The topological polar surface area (TPSA) is 64.4 Å². The Morgan fingerprint density at radius 1 is 1.20 bits per heavy atom. The van der Waals surface area contributed by atoms with E-state index in [9.17, 15) is 8.42 Å². The highest BCUT2D eigenvalue weighted by atomic mass is 32.2. The lowest BCUT2D eigenvalue weighted by atomic mass is 10.1. The first-order chi connectivity index (χ1) is 9.45. The van der Waals surface area contributed by atoms with E-state index in [0.29, 0.717) is 24.2 Å². The Bertz CT molecular complexity index is 634. The molecule has 1 aromatic carbocycles. The molecule has 0 aromatic heterocycles. The maximum Gasteiger partial charge on any atom is 0.243 e. The maximum atomic E-state index is 12.6. The lowest BCUT2D eigenvalue weighted by Crippen LogP contribution is -2.34. The first-order valence-electron chi connectivity index (χ1n) is 6.64. The summed E-state index contributed by atoms with van der Waals surface area (Å²) in [6.45, 7) is 4.48. The Morgan fingerprint density at radius 2 is 1.95 bits per heavy atom. The molecule has 1 aliphatic heterocycles. The number of nitrogens with zero attached hydrogens (tertiary/aromatic N) is 3. The van der Waals surface area contributed by atoms with Gasteiger partial charge in [0.1, 0.15) is 0 Å². The Hall–Kier alpha value is -1.42. The zero-order valence-corrected chi connectivity index (χ0v) is 12.7. The Kier molecular flexibility index (Phi) is 4.43. The van der Waals surface area contributed by atoms with E-state index in [1.807, 2.05) is 7.05 Å². The highest BCUT2D eigenvalue weighted by molar-refractivity contribution is 7.89. The van der Waals surface area contributed by atoms with E-state index in [4.69, 9.17) is 5.26 Å². The first-order valence-corrected chi connectivity index (χ1v) is 8.08. The van der Waals surface area contributed by atoms with Gasteiger partial charge in [0.25, 0.3) is 0 Å². The van der Waals surface area contributed by atoms with Crippen LogP contribution in [0.3, 0.4) is 0 Å². The van der Waals surface area contributed by atoms with Gasteiger partial charge in [-0.1, -0.05) is 0 Å². The summed E-state index contributed by atoms with van der Waals surface area (Å²) in [5.74, 6) is 0. The number of rotatable bonds is 2. The molecule has 0 radical (unpaired) electrons. The van der Waals surface area contributed by atoms with E-state index in [1.165, 1.54) is 10.4 Å². The molecule has 0 unspecified atom stereocenters. The summed E-state index contributed by atoms with van der Waals surface area (Å²) in [4.78, 5) is 2.41. The van der Waals surface area contributed by atoms with Crippen molar-refractivity contribution in [1.29, 1.82) is 5.26 Å². The minimum atomic E-state index is -3.46. The van der Waals surface area contributed by atoms with Crippen molar-refractivity contribution in [2.75, 3.05) is 33.2 Å². The van der Waals surface area contributed by atoms with Gasteiger partial charge in [0.2, 0.25) is 10.0 Å². The standard InChI is InChI=1S/C14H19N3O2S/c1-12-10-14(5-4-13(12)11-15)20(18,19)17-7-3-6-16(2)8-9-17/h4-5,10H,3,6-9H2,1-2H3. The molecule has 2 rings (SSSR count). The van der Waals surface area contributed by atoms with Gasteiger partial charge in [0, 0.05) is 19.6 Å². The van der Waals surface area contributed by atoms with Crippen molar-refractivity contribution in [2.24, 2.45) is 0 Å². The maximum absolute atomic E-state index is 12.6. The van der Waals surface area contributed by atoms with Gasteiger partial charge in [0.15, 0.2) is 0 Å². The summed E-state index contributed by atoms with van der Waals surface area (Å²) in [6, 6.07) is 6.74. The van der Waals surface area contributed by atoms with Crippen molar-refractivity contribution in [2.45, 2.75) is 18.2 Å². The number of nitriles is 1. The predicted octanol–water partition coefficient (Wildman–Crippen LogP) is 1.19. The van der Waals surface area contributed by atoms with Gasteiger partial charge in [-0.15, -0.1) is 0 Å². The van der Waals surface area contributed by atoms with Crippen LogP contribution < -0.4 is 0 Å². The van der Waals surface area contributed by atoms with Crippen LogP contribution in [0.15, 0.2) is 23.1 Å². The molecule has 6 heteroatoms. The summed E-state index contributed by atoms with van der Waals surface area (Å²) in [5, 5.41) is 8.91. The number of benzene rings is 1. The first kappa shape index (κ1) is 15.0. The van der Waals surface area contributed by atoms with Crippen molar-refractivity contribution in [3.05, 3.63) is 29.3 Å². The van der Waals surface area contributed by atoms with Crippen LogP contribution in [0.1, 0.15) is 17.5 Å². The quantitative estimate of drug-likeness (QED) is 0.821. The second-order valence-electron chi connectivity index (χ2n) is 5.15. The molecule has 0 N–H and O–H groups in total. The molecule has 1 aromatic rings. The molecule has 20 heavy (non-hydrogen) atoms. The van der Waals surface area contributed by atoms with E-state index in [-0.39, 0.29) is 4.90 Å². The van der Waals surface area contributed by atoms with Gasteiger partial charge < -0.3 is 4.90 Å². The third kappa shape index (κ3) is 3.01. The molecular formula is C14H19N3O2S. The Morgan fingerprint density at radius 3 is 2.60 bits per heavy atom. The van der Waals surface area contributed by atoms with Crippen LogP contribution in [-0.2, 0) is 10.0 Å². The Balaban J connectivity index is 2.30. The molecule has 0 spiro atoms. The van der Waals surface area contributed by atoms with Crippen molar-refractivity contribution < 1.29 is 8.42 Å². The monoisotopic (exact) mass is 293 g/mol. The second-order valence-corrected chi connectivity index (χ2v) is 7.09. The van der Waals surface area contributed by atoms with E-state index in [2.05, 4.69) is 11.0 Å². The molecule has 1 heterocycles. The number of sulfonamides is 1. The normalized spacial score (nSPS) is 18.4. The average Bonchev–Trinajstić information content (AvgIpc) is 2.63. The van der Waals surface area contributed by atoms with E-state index < -0.39 is 10.0 Å². The van der Waals surface area contributed by atoms with Crippen LogP contribution in [0.4, 0.5) is 0 Å². The highest BCUT2D eigenvalue weighted by Gasteiger charge is 2.26. The van der Waals surface area contributed by atoms with Gasteiger partial charge in [-0.25, -0.2) is 8.42 Å². The van der Waals surface area contributed by atoms with E-state index in [1.54, 1.807) is 19.1 Å². The van der Waals surface area contributed by atoms with Crippen LogP contribution in [0.2, 0.25) is 0 Å². The molecule has 1 aliphatic rings. The molecule has 5 nitrogen and oxygen atoms in total. The number of hydrogen-bond donors (Lipinski definition) is 0. The predicted molar refractivity (Wildman–Crippen MR) is 76.8 cm³/mol. The average molecular weight is 293 g/mol. The summed E-state index contributed by atoms with van der Waals surface area (Å²) >= 11 is 0. The Labute approximate surface area is 120 Å². The van der Waals surface area contributed by atoms with Crippen LogP contribution >= 0.6 is 0 Å². The van der Waals surface area contributed by atoms with Gasteiger partial charge in [-0.3, -0.25) is 0 Å². The zero-order valence-electron chi connectivity index (χ0n) is 11.8. The van der Waals surface area contributed by atoms with Crippen LogP contribution in [0.25, 0.3) is 0 Å². The number of aryl methyl sites for hydroxylation is 1.